The fraction of sp³-hybridized carbons (Fsp3) is 0.516. The summed E-state index contributed by atoms with van der Waals surface area (Å²) in [6, 6.07) is 13.3. The number of nitrogens with zero attached hydrogens (tertiary/aromatic N) is 1. The van der Waals surface area contributed by atoms with E-state index in [9.17, 15) is 19.5 Å². The monoisotopic (exact) mass is 568 g/mol. The van der Waals surface area contributed by atoms with Gasteiger partial charge in [0.1, 0.15) is 24.1 Å². The molecule has 5 N–H and O–H groups in total. The number of amides is 3. The molecule has 0 saturated heterocycles. The third kappa shape index (κ3) is 10.1. The minimum atomic E-state index is -1.49. The average molecular weight is 569 g/mol. The van der Waals surface area contributed by atoms with Crippen LogP contribution in [0.4, 0.5) is 0 Å². The van der Waals surface area contributed by atoms with Crippen molar-refractivity contribution in [1.29, 1.82) is 0 Å². The van der Waals surface area contributed by atoms with E-state index in [0.29, 0.717) is 25.4 Å². The summed E-state index contributed by atoms with van der Waals surface area (Å²) in [6.45, 7) is 6.06. The van der Waals surface area contributed by atoms with Crippen LogP contribution in [0.1, 0.15) is 44.2 Å². The first kappa shape index (κ1) is 31.9. The largest absolute Gasteiger partial charge is 0.508 e. The summed E-state index contributed by atoms with van der Waals surface area (Å²) in [7, 11) is 1.52. The topological polar surface area (TPSA) is 140 Å². The Morgan fingerprint density at radius 1 is 0.976 bits per heavy atom. The van der Waals surface area contributed by atoms with Crippen molar-refractivity contribution in [3.63, 3.8) is 0 Å². The van der Waals surface area contributed by atoms with Crippen molar-refractivity contribution in [2.24, 2.45) is 5.92 Å². The van der Waals surface area contributed by atoms with E-state index < -0.39 is 23.6 Å². The van der Waals surface area contributed by atoms with Gasteiger partial charge in [0.25, 0.3) is 0 Å². The fourth-order valence-corrected chi connectivity index (χ4v) is 4.81. The molecule has 0 spiro atoms. The Labute approximate surface area is 242 Å². The molecule has 2 aliphatic rings. The van der Waals surface area contributed by atoms with E-state index in [-0.39, 0.29) is 24.3 Å². The van der Waals surface area contributed by atoms with Gasteiger partial charge in [0.2, 0.25) is 17.7 Å². The van der Waals surface area contributed by atoms with E-state index in [2.05, 4.69) is 16.0 Å². The smallest absolute Gasteiger partial charge is 0.246 e. The number of aliphatic hydroxyl groups is 1. The number of hydrogen-bond acceptors (Lipinski definition) is 7. The van der Waals surface area contributed by atoms with Gasteiger partial charge in [0, 0.05) is 20.1 Å². The number of phenolic OH excluding ortho intramolecular Hbond substituents is 1. The van der Waals surface area contributed by atoms with E-state index in [1.807, 2.05) is 43.3 Å². The van der Waals surface area contributed by atoms with Gasteiger partial charge in [0.15, 0.2) is 0 Å². The summed E-state index contributed by atoms with van der Waals surface area (Å²) >= 11 is 0. The first-order valence-corrected chi connectivity index (χ1v) is 14.2. The van der Waals surface area contributed by atoms with E-state index in [0.717, 1.165) is 37.0 Å². The number of aromatic hydroxyl groups is 1. The van der Waals surface area contributed by atoms with Crippen LogP contribution < -0.4 is 20.7 Å². The highest BCUT2D eigenvalue weighted by molar-refractivity contribution is 5.92. The number of likely N-dealkylation sites (N-methyl/N-ethyl adjacent to an activating group) is 1. The van der Waals surface area contributed by atoms with Crippen molar-refractivity contribution >= 4 is 17.7 Å². The number of para-hydroxylation sites is 1. The minimum absolute atomic E-state index is 0.189. The Morgan fingerprint density at radius 3 is 2.29 bits per heavy atom. The highest BCUT2D eigenvalue weighted by atomic mass is 16.5. The number of aryl methyl sites for hydroxylation is 2. The van der Waals surface area contributed by atoms with Crippen LogP contribution in [0.15, 0.2) is 48.5 Å². The van der Waals surface area contributed by atoms with E-state index in [4.69, 9.17) is 9.84 Å². The second-order valence-electron chi connectivity index (χ2n) is 11.2. The first-order valence-electron chi connectivity index (χ1n) is 14.2. The molecule has 1 aliphatic heterocycles. The normalized spacial score (nSPS) is 21.6. The first-order chi connectivity index (χ1) is 19.5. The number of fused-ring (bicyclic) bond motifs is 1. The molecule has 10 nitrogen and oxygen atoms in total. The number of carbonyl (C=O) groups is 3. The van der Waals surface area contributed by atoms with Gasteiger partial charge in [-0.3, -0.25) is 14.4 Å². The highest BCUT2D eigenvalue weighted by Gasteiger charge is 2.44. The Kier molecular flexibility index (Phi) is 11.5. The summed E-state index contributed by atoms with van der Waals surface area (Å²) in [5.41, 5.74) is 0.735. The molecular formula is C31H44N4O6. The minimum Gasteiger partial charge on any atom is -0.508 e. The van der Waals surface area contributed by atoms with Gasteiger partial charge in [0.05, 0.1) is 18.2 Å². The molecule has 2 unspecified atom stereocenters. The van der Waals surface area contributed by atoms with Crippen LogP contribution >= 0.6 is 0 Å². The summed E-state index contributed by atoms with van der Waals surface area (Å²) in [5.74, 6) is 0.166. The predicted octanol–water partition coefficient (Wildman–Crippen LogP) is 1.91. The van der Waals surface area contributed by atoms with Gasteiger partial charge in [-0.1, -0.05) is 35.9 Å². The summed E-state index contributed by atoms with van der Waals surface area (Å²) in [4.78, 5) is 39.7. The van der Waals surface area contributed by atoms with Crippen LogP contribution in [0.25, 0.3) is 0 Å². The van der Waals surface area contributed by atoms with Crippen molar-refractivity contribution in [2.45, 2.75) is 64.1 Å². The molecule has 3 amide bonds. The molecule has 1 aliphatic carbocycles. The zero-order chi connectivity index (χ0) is 30.0. The summed E-state index contributed by atoms with van der Waals surface area (Å²) < 4.78 is 5.98. The maximum atomic E-state index is 13.3. The molecule has 0 radical (unpaired) electrons. The van der Waals surface area contributed by atoms with Crippen molar-refractivity contribution in [3.05, 3.63) is 59.7 Å². The second-order valence-corrected chi connectivity index (χ2v) is 11.2. The lowest BCUT2D eigenvalue weighted by Crippen LogP contribution is -2.62. The Bertz CT molecular complexity index is 1140. The molecule has 1 heterocycles. The summed E-state index contributed by atoms with van der Waals surface area (Å²) in [5, 5.41) is 28.1. The van der Waals surface area contributed by atoms with Crippen LogP contribution in [0.5, 0.6) is 11.5 Å². The van der Waals surface area contributed by atoms with Gasteiger partial charge >= 0.3 is 0 Å². The zero-order valence-corrected chi connectivity index (χ0v) is 24.5. The summed E-state index contributed by atoms with van der Waals surface area (Å²) in [6.07, 6.45) is 3.33. The molecule has 4 rings (SSSR count). The van der Waals surface area contributed by atoms with E-state index in [1.54, 1.807) is 12.1 Å². The number of hydrogen-bond donors (Lipinski definition) is 5. The number of ether oxygens (including phenoxy) is 1. The lowest BCUT2D eigenvalue weighted by Gasteiger charge is -2.37. The number of benzene rings is 2. The third-order valence-electron chi connectivity index (χ3n) is 7.11. The van der Waals surface area contributed by atoms with Crippen molar-refractivity contribution in [3.8, 4) is 11.5 Å². The van der Waals surface area contributed by atoms with E-state index >= 15 is 0 Å². The van der Waals surface area contributed by atoms with Crippen LogP contribution in [0.2, 0.25) is 0 Å². The Morgan fingerprint density at radius 2 is 1.66 bits per heavy atom. The van der Waals surface area contributed by atoms with Crippen molar-refractivity contribution < 1.29 is 29.3 Å². The molecule has 2 aromatic rings. The molecule has 2 atom stereocenters. The molecule has 2 aromatic carbocycles. The van der Waals surface area contributed by atoms with Crippen LogP contribution in [0.3, 0.4) is 0 Å². The van der Waals surface area contributed by atoms with Crippen LogP contribution in [0, 0.1) is 12.8 Å². The fourth-order valence-electron chi connectivity index (χ4n) is 4.81. The average Bonchev–Trinajstić information content (AvgIpc) is 3.76. The Balaban J connectivity index is 0.000000496. The molecule has 1 fully saturated rings. The van der Waals surface area contributed by atoms with Gasteiger partial charge in [-0.05, 0) is 76.1 Å². The molecule has 0 aromatic heterocycles. The van der Waals surface area contributed by atoms with E-state index in [1.165, 1.54) is 31.4 Å². The van der Waals surface area contributed by atoms with Crippen LogP contribution in [-0.2, 0) is 20.8 Å². The lowest BCUT2D eigenvalue weighted by atomic mass is 9.95. The molecule has 41 heavy (non-hydrogen) atoms. The number of phenols is 1. The zero-order valence-electron chi connectivity index (χ0n) is 24.5. The third-order valence-corrected chi connectivity index (χ3v) is 7.11. The van der Waals surface area contributed by atoms with Gasteiger partial charge in [-0.25, -0.2) is 0 Å². The number of carbonyl (C=O) groups excluding carboxylic acids is 3. The van der Waals surface area contributed by atoms with Crippen molar-refractivity contribution in [1.82, 2.24) is 20.9 Å². The van der Waals surface area contributed by atoms with Gasteiger partial charge < -0.3 is 35.8 Å². The standard InChI is InChI=1S/C24H36N4O5.C7H8O/c1-24(2,32)21-22(30)27-15-19(29)25-12-6-8-16-7-4-5-9-18(16)33-14-13-26-20(17-10-11-17)23(31)28(21)3;1-6-2-4-7(8)5-3-6/h4-5,7,9,17,20-21,26,32H,6,8,10-15H2,1-3H3,(H,25,29)(H,27,30);2-5,8H,1H3. The van der Waals surface area contributed by atoms with Gasteiger partial charge in [-0.15, -0.1) is 0 Å². The number of rotatable bonds is 2. The molecule has 224 valence electrons. The molecule has 10 heteroatoms. The predicted molar refractivity (Wildman–Crippen MR) is 156 cm³/mol. The lowest BCUT2D eigenvalue weighted by molar-refractivity contribution is -0.149. The maximum absolute atomic E-state index is 13.3. The molecule has 1 saturated carbocycles. The second kappa shape index (κ2) is 14.8. The number of nitrogens with one attached hydrogen (secondary N) is 3. The van der Waals surface area contributed by atoms with Crippen molar-refractivity contribution in [2.75, 3.05) is 33.3 Å². The quantitative estimate of drug-likeness (QED) is 0.373. The SMILES string of the molecule is CN1C(=O)C(C2CC2)NCCOc2ccccc2CCCNC(=O)CNC(=O)C1C(C)(C)O.Cc1ccc(O)cc1. The van der Waals surface area contributed by atoms with Crippen LogP contribution in [-0.4, -0.2) is 83.8 Å². The highest BCUT2D eigenvalue weighted by Crippen LogP contribution is 2.34. The maximum Gasteiger partial charge on any atom is 0.246 e. The molecular weight excluding hydrogens is 524 g/mol. The van der Waals surface area contributed by atoms with Gasteiger partial charge in [-0.2, -0.15) is 0 Å². The molecule has 0 bridgehead atoms. The Hall–Kier alpha value is -3.63.